The van der Waals surface area contributed by atoms with Gasteiger partial charge in [0.05, 0.1) is 11.3 Å². The van der Waals surface area contributed by atoms with Crippen molar-refractivity contribution in [3.63, 3.8) is 0 Å². The maximum atomic E-state index is 11.9. The van der Waals surface area contributed by atoms with E-state index < -0.39 is 10.5 Å². The van der Waals surface area contributed by atoms with Crippen LogP contribution in [0.4, 0.5) is 11.5 Å². The van der Waals surface area contributed by atoms with E-state index in [-0.39, 0.29) is 41.8 Å². The van der Waals surface area contributed by atoms with Crippen LogP contribution in [0.5, 0.6) is 0 Å². The Labute approximate surface area is 140 Å². The minimum Gasteiger partial charge on any atom is -0.460 e. The lowest BCUT2D eigenvalue weighted by atomic mass is 10.2. The summed E-state index contributed by atoms with van der Waals surface area (Å²) in [6.45, 7) is 9.24. The highest BCUT2D eigenvalue weighted by atomic mass is 35.5. The summed E-state index contributed by atoms with van der Waals surface area (Å²) < 4.78 is 5.25. The van der Waals surface area contributed by atoms with Crippen LogP contribution < -0.4 is 4.90 Å². The van der Waals surface area contributed by atoms with Crippen LogP contribution >= 0.6 is 11.6 Å². The molecule has 0 spiro atoms. The summed E-state index contributed by atoms with van der Waals surface area (Å²) in [7, 11) is 0. The number of rotatable bonds is 6. The molecule has 8 nitrogen and oxygen atoms in total. The predicted molar refractivity (Wildman–Crippen MR) is 86.6 cm³/mol. The van der Waals surface area contributed by atoms with E-state index in [0.29, 0.717) is 0 Å². The molecule has 0 atom stereocenters. The van der Waals surface area contributed by atoms with Crippen molar-refractivity contribution in [2.45, 2.75) is 52.7 Å². The SMILES string of the molecule is CC(C)N(CCC(=O)OC(C)(C)C)c1nc(Cl)ncc1[N+](=O)[O-]. The lowest BCUT2D eigenvalue weighted by Gasteiger charge is -2.27. The zero-order valence-corrected chi connectivity index (χ0v) is 14.6. The van der Waals surface area contributed by atoms with E-state index in [2.05, 4.69) is 9.97 Å². The second kappa shape index (κ2) is 7.54. The molecule has 23 heavy (non-hydrogen) atoms. The average molecular weight is 345 g/mol. The third-order valence-corrected chi connectivity index (χ3v) is 2.97. The Morgan fingerprint density at radius 1 is 1.48 bits per heavy atom. The standard InChI is InChI=1S/C14H21ClN4O4/c1-9(2)18(7-6-11(20)23-14(3,4)5)12-10(19(21)22)8-16-13(15)17-12/h8-9H,6-7H2,1-5H3. The minimum atomic E-state index is -0.579. The number of ether oxygens (including phenoxy) is 1. The second-order valence-corrected chi connectivity index (χ2v) is 6.57. The van der Waals surface area contributed by atoms with Gasteiger partial charge in [-0.1, -0.05) is 0 Å². The Bertz CT molecular complexity index is 587. The molecule has 0 unspecified atom stereocenters. The van der Waals surface area contributed by atoms with Gasteiger partial charge in [0.25, 0.3) is 0 Å². The number of carbonyl (C=O) groups is 1. The van der Waals surface area contributed by atoms with Crippen LogP contribution in [0, 0.1) is 10.1 Å². The van der Waals surface area contributed by atoms with E-state index in [1.165, 1.54) is 0 Å². The molecule has 0 amide bonds. The molecule has 0 aromatic carbocycles. The van der Waals surface area contributed by atoms with Crippen LogP contribution in [-0.4, -0.2) is 39.0 Å². The summed E-state index contributed by atoms with van der Waals surface area (Å²) in [6.07, 6.45) is 1.14. The first-order valence-electron chi connectivity index (χ1n) is 7.16. The van der Waals surface area contributed by atoms with Gasteiger partial charge in [0.2, 0.25) is 11.1 Å². The maximum absolute atomic E-state index is 11.9. The van der Waals surface area contributed by atoms with E-state index in [0.717, 1.165) is 6.20 Å². The topological polar surface area (TPSA) is 98.5 Å². The maximum Gasteiger partial charge on any atom is 0.329 e. The molecule has 1 rings (SSSR count). The number of aromatic nitrogens is 2. The van der Waals surface area contributed by atoms with Gasteiger partial charge in [-0.15, -0.1) is 0 Å². The molecule has 0 saturated carbocycles. The van der Waals surface area contributed by atoms with Gasteiger partial charge in [-0.25, -0.2) is 4.98 Å². The summed E-state index contributed by atoms with van der Waals surface area (Å²) in [6, 6.07) is -0.123. The highest BCUT2D eigenvalue weighted by Crippen LogP contribution is 2.28. The monoisotopic (exact) mass is 344 g/mol. The zero-order valence-electron chi connectivity index (χ0n) is 13.9. The molecule has 0 aliphatic rings. The number of nitro groups is 1. The van der Waals surface area contributed by atoms with E-state index >= 15 is 0 Å². The largest absolute Gasteiger partial charge is 0.460 e. The minimum absolute atomic E-state index is 0.0776. The van der Waals surface area contributed by atoms with Crippen molar-refractivity contribution < 1.29 is 14.5 Å². The highest BCUT2D eigenvalue weighted by Gasteiger charge is 2.26. The molecule has 0 radical (unpaired) electrons. The fraction of sp³-hybridized carbons (Fsp3) is 0.643. The molecule has 9 heteroatoms. The summed E-state index contributed by atoms with van der Waals surface area (Å²) in [5.74, 6) is -0.292. The molecule has 0 bridgehead atoms. The molecule has 0 fully saturated rings. The molecule has 0 aliphatic heterocycles. The van der Waals surface area contributed by atoms with Crippen LogP contribution in [0.2, 0.25) is 5.28 Å². The van der Waals surface area contributed by atoms with Crippen molar-refractivity contribution in [3.8, 4) is 0 Å². The quantitative estimate of drug-likeness (QED) is 0.338. The first-order valence-corrected chi connectivity index (χ1v) is 7.54. The van der Waals surface area contributed by atoms with Crippen molar-refractivity contribution in [3.05, 3.63) is 21.6 Å². The summed E-state index contributed by atoms with van der Waals surface area (Å²) in [5.41, 5.74) is -0.837. The average Bonchev–Trinajstić information content (AvgIpc) is 2.35. The number of esters is 1. The van der Waals surface area contributed by atoms with Crippen LogP contribution in [0.1, 0.15) is 41.0 Å². The fourth-order valence-electron chi connectivity index (χ4n) is 1.90. The number of nitrogens with zero attached hydrogens (tertiary/aromatic N) is 4. The van der Waals surface area contributed by atoms with Gasteiger partial charge in [-0.3, -0.25) is 14.9 Å². The Balaban J connectivity index is 2.98. The lowest BCUT2D eigenvalue weighted by Crippen LogP contribution is -2.35. The summed E-state index contributed by atoms with van der Waals surface area (Å²) in [4.78, 5) is 31.7. The third-order valence-electron chi connectivity index (χ3n) is 2.79. The molecular weight excluding hydrogens is 324 g/mol. The predicted octanol–water partition coefficient (Wildman–Crippen LogP) is 2.98. The number of hydrogen-bond acceptors (Lipinski definition) is 7. The van der Waals surface area contributed by atoms with Gasteiger partial charge in [0.15, 0.2) is 0 Å². The van der Waals surface area contributed by atoms with Crippen molar-refractivity contribution in [2.24, 2.45) is 0 Å². The molecule has 128 valence electrons. The van der Waals surface area contributed by atoms with E-state index in [1.807, 2.05) is 13.8 Å². The van der Waals surface area contributed by atoms with Gasteiger partial charge >= 0.3 is 11.7 Å². The molecule has 0 saturated heterocycles. The van der Waals surface area contributed by atoms with Crippen LogP contribution in [-0.2, 0) is 9.53 Å². The lowest BCUT2D eigenvalue weighted by molar-refractivity contribution is -0.384. The second-order valence-electron chi connectivity index (χ2n) is 6.23. The third kappa shape index (κ3) is 5.97. The van der Waals surface area contributed by atoms with Crippen molar-refractivity contribution in [1.82, 2.24) is 9.97 Å². The molecular formula is C14H21ClN4O4. The van der Waals surface area contributed by atoms with E-state index in [1.54, 1.807) is 25.7 Å². The van der Waals surface area contributed by atoms with Gasteiger partial charge in [0.1, 0.15) is 11.8 Å². The summed E-state index contributed by atoms with van der Waals surface area (Å²) in [5, 5.41) is 11.1. The Hall–Kier alpha value is -1.96. The Kier molecular flexibility index (Phi) is 6.26. The van der Waals surface area contributed by atoms with Crippen molar-refractivity contribution >= 4 is 29.1 Å². The van der Waals surface area contributed by atoms with Crippen LogP contribution in [0.25, 0.3) is 0 Å². The molecule has 1 aromatic heterocycles. The normalized spacial score (nSPS) is 11.4. The van der Waals surface area contributed by atoms with Crippen LogP contribution in [0.3, 0.4) is 0 Å². The van der Waals surface area contributed by atoms with E-state index in [9.17, 15) is 14.9 Å². The van der Waals surface area contributed by atoms with E-state index in [4.69, 9.17) is 16.3 Å². The molecule has 0 aliphatic carbocycles. The number of hydrogen-bond donors (Lipinski definition) is 0. The fourth-order valence-corrected chi connectivity index (χ4v) is 2.03. The number of halogens is 1. The zero-order chi connectivity index (χ0) is 17.8. The molecule has 1 aromatic rings. The van der Waals surface area contributed by atoms with Gasteiger partial charge in [0, 0.05) is 12.6 Å². The Morgan fingerprint density at radius 2 is 2.09 bits per heavy atom. The van der Waals surface area contributed by atoms with Crippen molar-refractivity contribution in [2.75, 3.05) is 11.4 Å². The van der Waals surface area contributed by atoms with Gasteiger partial charge in [-0.2, -0.15) is 4.98 Å². The highest BCUT2D eigenvalue weighted by molar-refractivity contribution is 6.28. The summed E-state index contributed by atoms with van der Waals surface area (Å²) >= 11 is 5.76. The number of carbonyl (C=O) groups excluding carboxylic acids is 1. The Morgan fingerprint density at radius 3 is 2.57 bits per heavy atom. The first kappa shape index (κ1) is 19.1. The number of anilines is 1. The molecule has 0 N–H and O–H groups in total. The smallest absolute Gasteiger partial charge is 0.329 e. The van der Waals surface area contributed by atoms with Gasteiger partial charge in [-0.05, 0) is 46.2 Å². The molecule has 1 heterocycles. The van der Waals surface area contributed by atoms with Gasteiger partial charge < -0.3 is 9.64 Å². The van der Waals surface area contributed by atoms with Crippen molar-refractivity contribution in [1.29, 1.82) is 0 Å². The van der Waals surface area contributed by atoms with Crippen LogP contribution in [0.15, 0.2) is 6.20 Å². The first-order chi connectivity index (χ1) is 10.5.